The van der Waals surface area contributed by atoms with Crippen molar-refractivity contribution < 1.29 is 0 Å². The van der Waals surface area contributed by atoms with Gasteiger partial charge in [-0.1, -0.05) is 6.07 Å². The molecule has 1 atom stereocenters. The van der Waals surface area contributed by atoms with Crippen LogP contribution in [0.15, 0.2) is 41.4 Å². The van der Waals surface area contributed by atoms with Gasteiger partial charge in [0, 0.05) is 35.3 Å². The lowest BCUT2D eigenvalue weighted by Gasteiger charge is -2.16. The van der Waals surface area contributed by atoms with Crippen LogP contribution in [0.3, 0.4) is 0 Å². The first kappa shape index (κ1) is 13.2. The third kappa shape index (κ3) is 3.37. The molecule has 0 saturated heterocycles. The highest BCUT2D eigenvalue weighted by Gasteiger charge is 2.11. The zero-order valence-electron chi connectivity index (χ0n) is 10.5. The maximum atomic E-state index is 4.25. The van der Waals surface area contributed by atoms with Crippen molar-refractivity contribution in [3.05, 3.63) is 58.1 Å². The number of pyridine rings is 2. The molecule has 94 valence electrons. The largest absolute Gasteiger partial charge is 0.313 e. The van der Waals surface area contributed by atoms with Gasteiger partial charge in [0.2, 0.25) is 0 Å². The maximum Gasteiger partial charge on any atom is 0.0410 e. The first-order valence-electron chi connectivity index (χ1n) is 5.87. The summed E-state index contributed by atoms with van der Waals surface area (Å²) < 4.78 is 1.01. The number of aryl methyl sites for hydroxylation is 1. The fourth-order valence-electron chi connectivity index (χ4n) is 1.96. The summed E-state index contributed by atoms with van der Waals surface area (Å²) in [6.45, 7) is 2.06. The Labute approximate surface area is 116 Å². The van der Waals surface area contributed by atoms with Gasteiger partial charge in [-0.3, -0.25) is 9.97 Å². The molecule has 18 heavy (non-hydrogen) atoms. The Bertz CT molecular complexity index is 528. The predicted octanol–water partition coefficient (Wildman–Crippen LogP) is 3.05. The van der Waals surface area contributed by atoms with E-state index in [1.54, 1.807) is 6.20 Å². The summed E-state index contributed by atoms with van der Waals surface area (Å²) in [6, 6.07) is 4.52. The standard InChI is InChI=1S/C14H16BrN3/c1-10-3-12(8-17-6-10)14(16-2)5-11-4-13(15)9-18-7-11/h3-4,6-9,14,16H,5H2,1-2H3. The number of hydrogen-bond donors (Lipinski definition) is 1. The Hall–Kier alpha value is -1.26. The molecule has 1 N–H and O–H groups in total. The molecule has 0 aliphatic heterocycles. The number of halogens is 1. The lowest BCUT2D eigenvalue weighted by atomic mass is 10.0. The van der Waals surface area contributed by atoms with E-state index < -0.39 is 0 Å². The highest BCUT2D eigenvalue weighted by molar-refractivity contribution is 9.10. The van der Waals surface area contributed by atoms with Gasteiger partial charge in [-0.05, 0) is 59.1 Å². The number of likely N-dealkylation sites (N-methyl/N-ethyl adjacent to an activating group) is 1. The summed E-state index contributed by atoms with van der Waals surface area (Å²) in [5.74, 6) is 0. The van der Waals surface area contributed by atoms with Crippen molar-refractivity contribution in [2.45, 2.75) is 19.4 Å². The molecule has 2 aromatic heterocycles. The summed E-state index contributed by atoms with van der Waals surface area (Å²) in [4.78, 5) is 8.44. The summed E-state index contributed by atoms with van der Waals surface area (Å²) in [5, 5.41) is 3.33. The van der Waals surface area contributed by atoms with Crippen molar-refractivity contribution in [3.8, 4) is 0 Å². The highest BCUT2D eigenvalue weighted by atomic mass is 79.9. The third-order valence-corrected chi connectivity index (χ3v) is 3.28. The minimum atomic E-state index is 0.258. The smallest absolute Gasteiger partial charge is 0.0410 e. The number of rotatable bonds is 4. The molecule has 0 fully saturated rings. The molecule has 1 unspecified atom stereocenters. The topological polar surface area (TPSA) is 37.8 Å². The van der Waals surface area contributed by atoms with Crippen LogP contribution in [0.5, 0.6) is 0 Å². The lowest BCUT2D eigenvalue weighted by Crippen LogP contribution is -2.19. The van der Waals surface area contributed by atoms with Crippen LogP contribution in [0, 0.1) is 6.92 Å². The van der Waals surface area contributed by atoms with Crippen molar-refractivity contribution >= 4 is 15.9 Å². The molecule has 0 radical (unpaired) electrons. The van der Waals surface area contributed by atoms with Gasteiger partial charge in [0.05, 0.1) is 0 Å². The van der Waals surface area contributed by atoms with Gasteiger partial charge in [0.25, 0.3) is 0 Å². The van der Waals surface area contributed by atoms with Crippen molar-refractivity contribution in [2.24, 2.45) is 0 Å². The van der Waals surface area contributed by atoms with Crippen LogP contribution in [-0.4, -0.2) is 17.0 Å². The van der Waals surface area contributed by atoms with Crippen LogP contribution in [-0.2, 0) is 6.42 Å². The molecule has 2 aromatic rings. The summed E-state index contributed by atoms with van der Waals surface area (Å²) >= 11 is 3.45. The average molecular weight is 306 g/mol. The minimum absolute atomic E-state index is 0.258. The Morgan fingerprint density at radius 3 is 2.61 bits per heavy atom. The summed E-state index contributed by atoms with van der Waals surface area (Å²) in [5.41, 5.74) is 3.59. The summed E-state index contributed by atoms with van der Waals surface area (Å²) in [7, 11) is 1.97. The number of aromatic nitrogens is 2. The number of nitrogens with zero attached hydrogens (tertiary/aromatic N) is 2. The molecule has 0 aliphatic carbocycles. The van der Waals surface area contributed by atoms with Crippen LogP contribution in [0.25, 0.3) is 0 Å². The zero-order valence-corrected chi connectivity index (χ0v) is 12.1. The van der Waals surface area contributed by atoms with E-state index >= 15 is 0 Å². The van der Waals surface area contributed by atoms with Crippen molar-refractivity contribution in [2.75, 3.05) is 7.05 Å². The lowest BCUT2D eigenvalue weighted by molar-refractivity contribution is 0.588. The SMILES string of the molecule is CNC(Cc1cncc(Br)c1)c1cncc(C)c1. The van der Waals surface area contributed by atoms with Crippen LogP contribution >= 0.6 is 15.9 Å². The fraction of sp³-hybridized carbons (Fsp3) is 0.286. The Kier molecular flexibility index (Phi) is 4.44. The zero-order chi connectivity index (χ0) is 13.0. The molecule has 0 saturated carbocycles. The second-order valence-electron chi connectivity index (χ2n) is 4.35. The molecule has 4 heteroatoms. The van der Waals surface area contributed by atoms with Gasteiger partial charge < -0.3 is 5.32 Å². The molecule has 3 nitrogen and oxygen atoms in total. The van der Waals surface area contributed by atoms with Gasteiger partial charge in [-0.2, -0.15) is 0 Å². The molecular weight excluding hydrogens is 290 g/mol. The first-order chi connectivity index (χ1) is 8.69. The van der Waals surface area contributed by atoms with E-state index in [-0.39, 0.29) is 6.04 Å². The second kappa shape index (κ2) is 6.07. The van der Waals surface area contributed by atoms with Gasteiger partial charge >= 0.3 is 0 Å². The maximum absolute atomic E-state index is 4.25. The molecule has 2 rings (SSSR count). The first-order valence-corrected chi connectivity index (χ1v) is 6.66. The summed E-state index contributed by atoms with van der Waals surface area (Å²) in [6.07, 6.45) is 8.38. The van der Waals surface area contributed by atoms with E-state index in [0.29, 0.717) is 0 Å². The van der Waals surface area contributed by atoms with Gasteiger partial charge in [0.15, 0.2) is 0 Å². The molecule has 0 amide bonds. The van der Waals surface area contributed by atoms with Gasteiger partial charge in [-0.25, -0.2) is 0 Å². The second-order valence-corrected chi connectivity index (χ2v) is 5.27. The molecular formula is C14H16BrN3. The quantitative estimate of drug-likeness (QED) is 0.943. The number of nitrogens with one attached hydrogen (secondary N) is 1. The van der Waals surface area contributed by atoms with Crippen molar-refractivity contribution in [1.29, 1.82) is 0 Å². The fourth-order valence-corrected chi connectivity index (χ4v) is 2.37. The van der Waals surface area contributed by atoms with E-state index in [2.05, 4.69) is 50.3 Å². The minimum Gasteiger partial charge on any atom is -0.313 e. The van der Waals surface area contributed by atoms with E-state index in [1.807, 2.05) is 25.6 Å². The van der Waals surface area contributed by atoms with Gasteiger partial charge in [0.1, 0.15) is 0 Å². The Balaban J connectivity index is 2.19. The molecule has 2 heterocycles. The van der Waals surface area contributed by atoms with Crippen molar-refractivity contribution in [3.63, 3.8) is 0 Å². The Morgan fingerprint density at radius 1 is 1.17 bits per heavy atom. The van der Waals surface area contributed by atoms with Crippen LogP contribution in [0.1, 0.15) is 22.7 Å². The van der Waals surface area contributed by atoms with E-state index in [1.165, 1.54) is 16.7 Å². The third-order valence-electron chi connectivity index (χ3n) is 2.85. The number of hydrogen-bond acceptors (Lipinski definition) is 3. The van der Waals surface area contributed by atoms with E-state index in [9.17, 15) is 0 Å². The predicted molar refractivity (Wildman–Crippen MR) is 76.4 cm³/mol. The van der Waals surface area contributed by atoms with E-state index in [0.717, 1.165) is 10.9 Å². The molecule has 0 spiro atoms. The van der Waals surface area contributed by atoms with Crippen LogP contribution in [0.2, 0.25) is 0 Å². The average Bonchev–Trinajstić information content (AvgIpc) is 2.36. The Morgan fingerprint density at radius 2 is 1.94 bits per heavy atom. The molecule has 0 aliphatic rings. The molecule has 0 aromatic carbocycles. The van der Waals surface area contributed by atoms with Crippen LogP contribution < -0.4 is 5.32 Å². The van der Waals surface area contributed by atoms with E-state index in [4.69, 9.17) is 0 Å². The van der Waals surface area contributed by atoms with Gasteiger partial charge in [-0.15, -0.1) is 0 Å². The highest BCUT2D eigenvalue weighted by Crippen LogP contribution is 2.19. The molecule has 0 bridgehead atoms. The monoisotopic (exact) mass is 305 g/mol. The van der Waals surface area contributed by atoms with Crippen molar-refractivity contribution in [1.82, 2.24) is 15.3 Å². The normalized spacial score (nSPS) is 12.4. The van der Waals surface area contributed by atoms with Crippen LogP contribution in [0.4, 0.5) is 0 Å².